The molecule has 128 valence electrons. The Kier molecular flexibility index (Phi) is 4.10. The first-order valence-electron chi connectivity index (χ1n) is 7.83. The van der Waals surface area contributed by atoms with Crippen molar-refractivity contribution in [2.75, 3.05) is 24.7 Å². The van der Waals surface area contributed by atoms with Gasteiger partial charge in [-0.15, -0.1) is 0 Å². The summed E-state index contributed by atoms with van der Waals surface area (Å²) in [4.78, 5) is 14.5. The van der Waals surface area contributed by atoms with Gasteiger partial charge in [0.15, 0.2) is 11.0 Å². The zero-order chi connectivity index (χ0) is 16.8. The summed E-state index contributed by atoms with van der Waals surface area (Å²) in [7, 11) is 0. The smallest absolute Gasteiger partial charge is 0.228 e. The number of hydrogen-bond acceptors (Lipinski definition) is 6. The minimum atomic E-state index is -0.720. The van der Waals surface area contributed by atoms with E-state index < -0.39 is 5.82 Å². The van der Waals surface area contributed by atoms with Crippen LogP contribution in [0.3, 0.4) is 0 Å². The van der Waals surface area contributed by atoms with Gasteiger partial charge in [0.2, 0.25) is 11.2 Å². The van der Waals surface area contributed by atoms with Crippen molar-refractivity contribution in [1.29, 1.82) is 0 Å². The van der Waals surface area contributed by atoms with Gasteiger partial charge >= 0.3 is 0 Å². The Hall–Kier alpha value is -1.44. The minimum absolute atomic E-state index is 0.0284. The second kappa shape index (κ2) is 6.13. The van der Waals surface area contributed by atoms with Gasteiger partial charge in [-0.3, -0.25) is 0 Å². The number of anilines is 1. The summed E-state index contributed by atoms with van der Waals surface area (Å²) in [6.45, 7) is 3.87. The lowest BCUT2D eigenvalue weighted by atomic mass is 10.1. The summed E-state index contributed by atoms with van der Waals surface area (Å²) in [6, 6.07) is -0.0669. The van der Waals surface area contributed by atoms with Gasteiger partial charge in [-0.2, -0.15) is 9.97 Å². The van der Waals surface area contributed by atoms with E-state index in [1.165, 1.54) is 0 Å². The molecular formula is C15H15Cl2FN4O2. The minimum Gasteiger partial charge on any atom is -0.471 e. The van der Waals surface area contributed by atoms with E-state index in [1.54, 1.807) is 0 Å². The van der Waals surface area contributed by atoms with Crippen molar-refractivity contribution in [1.82, 2.24) is 15.0 Å². The Labute approximate surface area is 147 Å². The van der Waals surface area contributed by atoms with E-state index in [9.17, 15) is 4.39 Å². The number of hydrogen-bond donors (Lipinski definition) is 0. The third kappa shape index (κ3) is 2.46. The largest absolute Gasteiger partial charge is 0.471 e. The normalized spacial score (nSPS) is 23.4. The topological polar surface area (TPSA) is 60.4 Å². The first kappa shape index (κ1) is 16.1. The van der Waals surface area contributed by atoms with Gasteiger partial charge in [0.05, 0.1) is 12.6 Å². The SMILES string of the molecule is CC[C@H]1Oc2nc(Cl)c(F)c3nc(Cl)nc(c23)N2CCCOC[C@@H]12. The molecule has 0 spiro atoms. The summed E-state index contributed by atoms with van der Waals surface area (Å²) in [5, 5.41) is 0.0778. The van der Waals surface area contributed by atoms with Crippen molar-refractivity contribution < 1.29 is 13.9 Å². The van der Waals surface area contributed by atoms with Crippen LogP contribution in [0.4, 0.5) is 10.2 Å². The Bertz CT molecular complexity index is 807. The molecule has 0 aromatic carbocycles. The van der Waals surface area contributed by atoms with Crippen molar-refractivity contribution in [3.63, 3.8) is 0 Å². The lowest BCUT2D eigenvalue weighted by molar-refractivity contribution is 0.0831. The van der Waals surface area contributed by atoms with Crippen molar-refractivity contribution in [2.24, 2.45) is 0 Å². The monoisotopic (exact) mass is 372 g/mol. The zero-order valence-corrected chi connectivity index (χ0v) is 14.4. The van der Waals surface area contributed by atoms with Crippen LogP contribution in [0.1, 0.15) is 19.8 Å². The van der Waals surface area contributed by atoms with Crippen LogP contribution in [-0.4, -0.2) is 46.9 Å². The molecule has 1 saturated heterocycles. The fourth-order valence-corrected chi connectivity index (χ4v) is 3.64. The molecule has 2 aliphatic heterocycles. The molecule has 2 aromatic rings. The van der Waals surface area contributed by atoms with Crippen LogP contribution in [-0.2, 0) is 4.74 Å². The van der Waals surface area contributed by atoms with E-state index in [4.69, 9.17) is 32.7 Å². The molecule has 0 unspecified atom stereocenters. The van der Waals surface area contributed by atoms with E-state index in [2.05, 4.69) is 19.9 Å². The number of rotatable bonds is 1. The molecule has 9 heteroatoms. The van der Waals surface area contributed by atoms with Gasteiger partial charge in [0.1, 0.15) is 22.8 Å². The molecule has 2 aromatic heterocycles. The van der Waals surface area contributed by atoms with E-state index in [0.29, 0.717) is 31.0 Å². The highest BCUT2D eigenvalue weighted by atomic mass is 35.5. The molecule has 6 nitrogen and oxygen atoms in total. The fourth-order valence-electron chi connectivity index (χ4n) is 3.31. The lowest BCUT2D eigenvalue weighted by Gasteiger charge is -2.33. The van der Waals surface area contributed by atoms with Crippen LogP contribution >= 0.6 is 23.2 Å². The summed E-state index contributed by atoms with van der Waals surface area (Å²) in [5.41, 5.74) is 0.0284. The number of pyridine rings is 1. The van der Waals surface area contributed by atoms with Crippen LogP contribution in [0.2, 0.25) is 10.4 Å². The summed E-state index contributed by atoms with van der Waals surface area (Å²) < 4.78 is 26.2. The molecule has 0 N–H and O–H groups in total. The molecule has 1 fully saturated rings. The number of fused-ring (bicyclic) bond motifs is 2. The number of nitrogens with zero attached hydrogens (tertiary/aromatic N) is 4. The summed E-state index contributed by atoms with van der Waals surface area (Å²) >= 11 is 12.0. The highest BCUT2D eigenvalue weighted by Gasteiger charge is 2.37. The molecule has 0 aliphatic carbocycles. The first-order chi connectivity index (χ1) is 11.6. The quantitative estimate of drug-likeness (QED) is 0.565. The second-order valence-corrected chi connectivity index (χ2v) is 6.51. The van der Waals surface area contributed by atoms with Crippen LogP contribution in [0.5, 0.6) is 5.88 Å². The fraction of sp³-hybridized carbons (Fsp3) is 0.533. The maximum atomic E-state index is 14.5. The molecule has 2 aliphatic rings. The molecule has 0 saturated carbocycles. The maximum Gasteiger partial charge on any atom is 0.228 e. The van der Waals surface area contributed by atoms with Gasteiger partial charge < -0.3 is 14.4 Å². The molecule has 2 atom stereocenters. The van der Waals surface area contributed by atoms with E-state index in [0.717, 1.165) is 12.8 Å². The van der Waals surface area contributed by atoms with Gasteiger partial charge in [-0.25, -0.2) is 9.37 Å². The molecule has 4 rings (SSSR count). The van der Waals surface area contributed by atoms with Crippen molar-refractivity contribution in [2.45, 2.75) is 31.9 Å². The van der Waals surface area contributed by atoms with Crippen molar-refractivity contribution in [3.05, 3.63) is 16.3 Å². The van der Waals surface area contributed by atoms with E-state index >= 15 is 0 Å². The zero-order valence-electron chi connectivity index (χ0n) is 12.9. The summed E-state index contributed by atoms with van der Waals surface area (Å²) in [6.07, 6.45) is 1.38. The number of halogens is 3. The molecular weight excluding hydrogens is 358 g/mol. The van der Waals surface area contributed by atoms with Crippen molar-refractivity contribution >= 4 is 39.9 Å². The van der Waals surface area contributed by atoms with E-state index in [1.807, 2.05) is 6.92 Å². The lowest BCUT2D eigenvalue weighted by Crippen LogP contribution is -2.47. The third-order valence-electron chi connectivity index (χ3n) is 4.41. The number of ether oxygens (including phenoxy) is 2. The maximum absolute atomic E-state index is 14.5. The molecule has 0 radical (unpaired) electrons. The predicted molar refractivity (Wildman–Crippen MR) is 88.6 cm³/mol. The van der Waals surface area contributed by atoms with Gasteiger partial charge in [-0.05, 0) is 24.4 Å². The Morgan fingerprint density at radius 2 is 2.12 bits per heavy atom. The highest BCUT2D eigenvalue weighted by Crippen LogP contribution is 2.40. The van der Waals surface area contributed by atoms with Crippen LogP contribution in [0, 0.1) is 5.82 Å². The van der Waals surface area contributed by atoms with Gasteiger partial charge in [0, 0.05) is 13.2 Å². The predicted octanol–water partition coefficient (Wildman–Crippen LogP) is 3.24. The first-order valence-corrected chi connectivity index (χ1v) is 8.59. The van der Waals surface area contributed by atoms with Crippen LogP contribution in [0.25, 0.3) is 10.9 Å². The average molecular weight is 373 g/mol. The third-order valence-corrected chi connectivity index (χ3v) is 4.83. The van der Waals surface area contributed by atoms with Crippen LogP contribution < -0.4 is 9.64 Å². The standard InChI is InChI=1S/C15H15Cl2FN4O2/c1-2-8-7-6-23-5-3-4-22(7)13-9-11(19-15(17)21-13)10(18)12(16)20-14(9)24-8/h7-8H,2-6H2,1H3/t7-,8+/m0/s1. The van der Waals surface area contributed by atoms with E-state index in [-0.39, 0.29) is 34.0 Å². The van der Waals surface area contributed by atoms with Crippen molar-refractivity contribution in [3.8, 4) is 5.88 Å². The van der Waals surface area contributed by atoms with Gasteiger partial charge in [-0.1, -0.05) is 18.5 Å². The number of aromatic nitrogens is 3. The average Bonchev–Trinajstić information content (AvgIpc) is 2.87. The Balaban J connectivity index is 2.03. The second-order valence-electron chi connectivity index (χ2n) is 5.82. The Morgan fingerprint density at radius 3 is 2.92 bits per heavy atom. The molecule has 4 heterocycles. The molecule has 0 bridgehead atoms. The van der Waals surface area contributed by atoms with Crippen LogP contribution in [0.15, 0.2) is 0 Å². The summed E-state index contributed by atoms with van der Waals surface area (Å²) in [5.74, 6) is 0.0413. The Morgan fingerprint density at radius 1 is 1.29 bits per heavy atom. The highest BCUT2D eigenvalue weighted by molar-refractivity contribution is 6.31. The molecule has 24 heavy (non-hydrogen) atoms. The molecule has 0 amide bonds. The van der Waals surface area contributed by atoms with Gasteiger partial charge in [0.25, 0.3) is 0 Å².